The summed E-state index contributed by atoms with van der Waals surface area (Å²) in [6, 6.07) is 2.47. The molecule has 2 heterocycles. The molecule has 0 atom stereocenters. The highest BCUT2D eigenvalue weighted by Gasteiger charge is 2.36. The molecule has 12 heteroatoms. The average Bonchev–Trinajstić information content (AvgIpc) is 2.98. The molecule has 0 aliphatic rings. The maximum absolute atomic E-state index is 13.0. The van der Waals surface area contributed by atoms with Crippen LogP contribution in [0.25, 0.3) is 16.7 Å². The molecule has 3 aromatic rings. The van der Waals surface area contributed by atoms with E-state index in [1.807, 2.05) is 0 Å². The fraction of sp³-hybridized carbons (Fsp3) is 0.200. The first-order chi connectivity index (χ1) is 12.6. The second-order valence-electron chi connectivity index (χ2n) is 5.47. The summed E-state index contributed by atoms with van der Waals surface area (Å²) in [4.78, 5) is 37.0. The third kappa shape index (κ3) is 3.01. The number of nitro groups is 1. The smallest absolute Gasteiger partial charge is 0.431 e. The Hall–Kier alpha value is -3.02. The van der Waals surface area contributed by atoms with E-state index in [4.69, 9.17) is 4.42 Å². The van der Waals surface area contributed by atoms with E-state index in [-0.39, 0.29) is 27.2 Å². The molecule has 1 N–H and O–H groups in total. The summed E-state index contributed by atoms with van der Waals surface area (Å²) >= 11 is 1.06. The summed E-state index contributed by atoms with van der Waals surface area (Å²) in [7, 11) is 0. The number of hydrogen-bond acceptors (Lipinski definition) is 6. The number of hydrogen-bond donors (Lipinski definition) is 1. The van der Waals surface area contributed by atoms with Crippen LogP contribution >= 0.6 is 11.8 Å². The lowest BCUT2D eigenvalue weighted by molar-refractivity contribution is -0.387. The molecule has 0 bridgehead atoms. The van der Waals surface area contributed by atoms with Gasteiger partial charge in [-0.2, -0.15) is 13.2 Å². The number of nitro benzene ring substituents is 1. The number of rotatable bonds is 3. The van der Waals surface area contributed by atoms with Gasteiger partial charge >= 0.3 is 11.9 Å². The molecule has 8 nitrogen and oxygen atoms in total. The van der Waals surface area contributed by atoms with Crippen molar-refractivity contribution in [2.24, 2.45) is 0 Å². The summed E-state index contributed by atoms with van der Waals surface area (Å²) in [5.41, 5.74) is -4.93. The molecule has 142 valence electrons. The van der Waals surface area contributed by atoms with E-state index in [1.165, 1.54) is 6.07 Å². The predicted octanol–water partition coefficient (Wildman–Crippen LogP) is 3.23. The van der Waals surface area contributed by atoms with Gasteiger partial charge in [0.15, 0.2) is 0 Å². The minimum atomic E-state index is -4.90. The number of aromatic amines is 1. The Bertz CT molecular complexity index is 1190. The lowest BCUT2D eigenvalue weighted by Gasteiger charge is -2.11. The second kappa shape index (κ2) is 6.30. The van der Waals surface area contributed by atoms with E-state index in [0.29, 0.717) is 4.57 Å². The normalized spacial score (nSPS) is 11.9. The van der Waals surface area contributed by atoms with Crippen LogP contribution in [0.15, 0.2) is 37.3 Å². The second-order valence-corrected chi connectivity index (χ2v) is 6.31. The molecule has 27 heavy (non-hydrogen) atoms. The van der Waals surface area contributed by atoms with Crippen molar-refractivity contribution >= 4 is 28.4 Å². The number of fused-ring (bicyclic) bond motifs is 1. The summed E-state index contributed by atoms with van der Waals surface area (Å²) in [6.45, 7) is 0.942. The van der Waals surface area contributed by atoms with Crippen molar-refractivity contribution in [1.29, 1.82) is 0 Å². The first-order valence-corrected chi connectivity index (χ1v) is 8.46. The van der Waals surface area contributed by atoms with Crippen molar-refractivity contribution in [2.45, 2.75) is 18.0 Å². The van der Waals surface area contributed by atoms with Crippen LogP contribution in [0.4, 0.5) is 18.9 Å². The largest absolute Gasteiger partial charge is 0.462 e. The highest BCUT2D eigenvalue weighted by molar-refractivity contribution is 7.98. The lowest BCUT2D eigenvalue weighted by atomic mass is 10.2. The SMILES string of the molecule is CSc1cc2c(-n3c(=O)[nH]c(C(F)(F)F)c(C)c3=O)coc2cc1[N+](=O)[O-]. The van der Waals surface area contributed by atoms with Crippen LogP contribution in [-0.2, 0) is 6.18 Å². The van der Waals surface area contributed by atoms with Gasteiger partial charge in [-0.25, -0.2) is 9.36 Å². The van der Waals surface area contributed by atoms with Gasteiger partial charge in [0.25, 0.3) is 11.2 Å². The summed E-state index contributed by atoms with van der Waals surface area (Å²) < 4.78 is 44.6. The molecule has 0 fully saturated rings. The van der Waals surface area contributed by atoms with Crippen LogP contribution in [0.5, 0.6) is 0 Å². The monoisotopic (exact) mass is 401 g/mol. The van der Waals surface area contributed by atoms with Gasteiger partial charge in [0.05, 0.1) is 15.9 Å². The molecule has 1 aromatic carbocycles. The van der Waals surface area contributed by atoms with Gasteiger partial charge in [0.1, 0.15) is 23.2 Å². The number of aromatic nitrogens is 2. The van der Waals surface area contributed by atoms with Crippen LogP contribution in [0.3, 0.4) is 0 Å². The van der Waals surface area contributed by atoms with Gasteiger partial charge in [-0.1, -0.05) is 0 Å². The highest BCUT2D eigenvalue weighted by Crippen LogP contribution is 2.35. The summed E-state index contributed by atoms with van der Waals surface area (Å²) in [5.74, 6) is 0. The number of nitrogens with one attached hydrogen (secondary N) is 1. The number of H-pyrrole nitrogens is 1. The van der Waals surface area contributed by atoms with Crippen LogP contribution in [-0.4, -0.2) is 20.7 Å². The molecular formula is C15H10F3N3O5S. The molecule has 3 rings (SSSR count). The lowest BCUT2D eigenvalue weighted by Crippen LogP contribution is -2.38. The van der Waals surface area contributed by atoms with Crippen molar-refractivity contribution in [3.05, 3.63) is 60.6 Å². The van der Waals surface area contributed by atoms with E-state index in [0.717, 1.165) is 31.0 Å². The van der Waals surface area contributed by atoms with Gasteiger partial charge < -0.3 is 9.40 Å². The molecule has 0 radical (unpaired) electrons. The Balaban J connectivity index is 2.34. The summed E-state index contributed by atoms with van der Waals surface area (Å²) in [6.07, 6.45) is -2.32. The Morgan fingerprint density at radius 3 is 2.52 bits per heavy atom. The highest BCUT2D eigenvalue weighted by atomic mass is 32.2. The third-order valence-electron chi connectivity index (χ3n) is 3.91. The van der Waals surface area contributed by atoms with Crippen molar-refractivity contribution in [3.63, 3.8) is 0 Å². The molecule has 0 unspecified atom stereocenters. The molecule has 0 saturated carbocycles. The van der Waals surface area contributed by atoms with E-state index >= 15 is 0 Å². The molecule has 0 aliphatic heterocycles. The van der Waals surface area contributed by atoms with Crippen LogP contribution < -0.4 is 11.2 Å². The number of nitrogens with zero attached hydrogens (tertiary/aromatic N) is 2. The number of halogens is 3. The van der Waals surface area contributed by atoms with Crippen molar-refractivity contribution in [2.75, 3.05) is 6.26 Å². The van der Waals surface area contributed by atoms with Crippen LogP contribution in [0.2, 0.25) is 0 Å². The van der Waals surface area contributed by atoms with Crippen molar-refractivity contribution < 1.29 is 22.5 Å². The fourth-order valence-corrected chi connectivity index (χ4v) is 3.21. The van der Waals surface area contributed by atoms with Crippen molar-refractivity contribution in [3.8, 4) is 5.69 Å². The first kappa shape index (κ1) is 18.8. The minimum Gasteiger partial charge on any atom is -0.462 e. The zero-order valence-corrected chi connectivity index (χ0v) is 14.5. The van der Waals surface area contributed by atoms with E-state index in [1.54, 1.807) is 11.2 Å². The minimum absolute atomic E-state index is 0.0124. The molecule has 0 saturated heterocycles. The Morgan fingerprint density at radius 1 is 1.30 bits per heavy atom. The molecular weight excluding hydrogens is 391 g/mol. The fourth-order valence-electron chi connectivity index (χ4n) is 2.63. The van der Waals surface area contributed by atoms with E-state index in [9.17, 15) is 32.9 Å². The zero-order chi connectivity index (χ0) is 20.1. The number of furan rings is 1. The molecule has 0 spiro atoms. The zero-order valence-electron chi connectivity index (χ0n) is 13.7. The molecule has 2 aromatic heterocycles. The summed E-state index contributed by atoms with van der Waals surface area (Å²) in [5, 5.41) is 11.3. The van der Waals surface area contributed by atoms with Gasteiger partial charge in [0, 0.05) is 10.9 Å². The van der Waals surface area contributed by atoms with Gasteiger partial charge in [0.2, 0.25) is 0 Å². The van der Waals surface area contributed by atoms with Gasteiger partial charge in [-0.15, -0.1) is 11.8 Å². The maximum atomic E-state index is 13.0. The molecule has 0 aliphatic carbocycles. The number of benzene rings is 1. The number of alkyl halides is 3. The van der Waals surface area contributed by atoms with Gasteiger partial charge in [-0.3, -0.25) is 14.9 Å². The molecule has 0 amide bonds. The number of thioether (sulfide) groups is 1. The average molecular weight is 401 g/mol. The van der Waals surface area contributed by atoms with Crippen LogP contribution in [0, 0.1) is 17.0 Å². The van der Waals surface area contributed by atoms with E-state index in [2.05, 4.69) is 0 Å². The Morgan fingerprint density at radius 2 is 1.96 bits per heavy atom. The maximum Gasteiger partial charge on any atom is 0.431 e. The first-order valence-electron chi connectivity index (χ1n) is 7.23. The van der Waals surface area contributed by atoms with Gasteiger partial charge in [-0.05, 0) is 19.2 Å². The standard InChI is InChI=1S/C15H10F3N3O5S/c1-6-12(15(16,17)18)19-14(23)20(13(6)22)9-5-26-10-4-8(21(24)25)11(27-2)3-7(9)10/h3-5H,1-2H3,(H,19,23). The third-order valence-corrected chi connectivity index (χ3v) is 4.68. The predicted molar refractivity (Wildman–Crippen MR) is 90.6 cm³/mol. The Kier molecular flexibility index (Phi) is 4.38. The Labute approximate surface area is 151 Å². The quantitative estimate of drug-likeness (QED) is 0.410. The van der Waals surface area contributed by atoms with Crippen molar-refractivity contribution in [1.82, 2.24) is 9.55 Å². The van der Waals surface area contributed by atoms with Crippen LogP contribution in [0.1, 0.15) is 11.3 Å². The topological polar surface area (TPSA) is 111 Å². The van der Waals surface area contributed by atoms with E-state index < -0.39 is 33.6 Å².